The number of hydrogen-bond acceptors (Lipinski definition) is 4. The fourth-order valence-corrected chi connectivity index (χ4v) is 1.86. The minimum atomic E-state index is -0.354. The summed E-state index contributed by atoms with van der Waals surface area (Å²) < 4.78 is 6.64. The second-order valence-corrected chi connectivity index (χ2v) is 4.65. The molecule has 0 aliphatic rings. The average Bonchev–Trinajstić information content (AvgIpc) is 2.40. The first kappa shape index (κ1) is 16.2. The van der Waals surface area contributed by atoms with Crippen LogP contribution in [0.5, 0.6) is 5.75 Å². The highest BCUT2D eigenvalue weighted by molar-refractivity contribution is 7.80. The van der Waals surface area contributed by atoms with Crippen molar-refractivity contribution in [2.24, 2.45) is 5.73 Å². The number of hydrogen-bond donors (Lipinski definition) is 1. The Hall–Kier alpha value is -1.89. The number of carbonyl (C=O) groups is 1. The fourth-order valence-electron chi connectivity index (χ4n) is 1.72. The van der Waals surface area contributed by atoms with Gasteiger partial charge in [-0.15, -0.1) is 0 Å². The summed E-state index contributed by atoms with van der Waals surface area (Å²) in [5.74, 6) is -0.0385. The van der Waals surface area contributed by atoms with Crippen LogP contribution in [0.15, 0.2) is 23.1 Å². The molecule has 0 saturated carbocycles. The van der Waals surface area contributed by atoms with E-state index in [4.69, 9.17) is 22.7 Å². The van der Waals surface area contributed by atoms with E-state index in [0.717, 1.165) is 0 Å². The van der Waals surface area contributed by atoms with Crippen LogP contribution in [0.2, 0.25) is 0 Å². The molecule has 1 aromatic heterocycles. The second-order valence-electron chi connectivity index (χ2n) is 4.13. The molecule has 0 unspecified atom stereocenters. The average molecular weight is 297 g/mol. The highest BCUT2D eigenvalue weighted by atomic mass is 32.1. The van der Waals surface area contributed by atoms with Crippen LogP contribution < -0.4 is 16.0 Å². The standard InChI is InChI=1S/C13H19N3O3S/c1-3-15(4-2)12(17)9-19-10-6-5-7-16(13(10)18)8-11(14)20/h5-7H,3-4,8-9H2,1-2H3,(H2,14,20). The van der Waals surface area contributed by atoms with Gasteiger partial charge in [0.15, 0.2) is 12.4 Å². The van der Waals surface area contributed by atoms with Crippen molar-refractivity contribution in [3.63, 3.8) is 0 Å². The molecule has 1 aromatic rings. The molecule has 0 radical (unpaired) electrons. The van der Waals surface area contributed by atoms with Gasteiger partial charge in [-0.25, -0.2) is 0 Å². The van der Waals surface area contributed by atoms with Crippen molar-refractivity contribution < 1.29 is 9.53 Å². The van der Waals surface area contributed by atoms with Crippen molar-refractivity contribution in [3.8, 4) is 5.75 Å². The van der Waals surface area contributed by atoms with E-state index in [9.17, 15) is 9.59 Å². The molecule has 0 fully saturated rings. The van der Waals surface area contributed by atoms with Crippen molar-refractivity contribution in [2.45, 2.75) is 20.4 Å². The second kappa shape index (κ2) is 7.64. The summed E-state index contributed by atoms with van der Waals surface area (Å²) in [7, 11) is 0. The van der Waals surface area contributed by atoms with E-state index in [1.165, 1.54) is 10.6 Å². The molecule has 0 aliphatic carbocycles. The van der Waals surface area contributed by atoms with Crippen molar-refractivity contribution in [3.05, 3.63) is 28.7 Å². The largest absolute Gasteiger partial charge is 0.478 e. The Kier molecular flexibility index (Phi) is 6.17. The molecule has 0 atom stereocenters. The first-order valence-corrected chi connectivity index (χ1v) is 6.78. The van der Waals surface area contributed by atoms with Crippen molar-refractivity contribution >= 4 is 23.1 Å². The Morgan fingerprint density at radius 3 is 2.65 bits per heavy atom. The van der Waals surface area contributed by atoms with Crippen molar-refractivity contribution in [1.82, 2.24) is 9.47 Å². The lowest BCUT2D eigenvalue weighted by molar-refractivity contribution is -0.133. The summed E-state index contributed by atoms with van der Waals surface area (Å²) in [6, 6.07) is 3.17. The van der Waals surface area contributed by atoms with Crippen molar-refractivity contribution in [1.29, 1.82) is 0 Å². The van der Waals surface area contributed by atoms with Crippen LogP contribution >= 0.6 is 12.2 Å². The molecule has 2 N–H and O–H groups in total. The maximum Gasteiger partial charge on any atom is 0.293 e. The van der Waals surface area contributed by atoms with Gasteiger partial charge in [0, 0.05) is 19.3 Å². The Labute approximate surface area is 123 Å². The monoisotopic (exact) mass is 297 g/mol. The molecule has 20 heavy (non-hydrogen) atoms. The van der Waals surface area contributed by atoms with Crippen LogP contribution in [-0.2, 0) is 11.3 Å². The van der Waals surface area contributed by atoms with E-state index < -0.39 is 0 Å². The molecule has 0 spiro atoms. The van der Waals surface area contributed by atoms with E-state index in [2.05, 4.69) is 0 Å². The summed E-state index contributed by atoms with van der Waals surface area (Å²) in [4.78, 5) is 25.7. The highest BCUT2D eigenvalue weighted by Crippen LogP contribution is 2.03. The maximum absolute atomic E-state index is 12.0. The number of pyridine rings is 1. The van der Waals surface area contributed by atoms with E-state index in [0.29, 0.717) is 13.1 Å². The minimum absolute atomic E-state index is 0.115. The van der Waals surface area contributed by atoms with E-state index in [-0.39, 0.29) is 35.4 Å². The third-order valence-electron chi connectivity index (χ3n) is 2.78. The highest BCUT2D eigenvalue weighted by Gasteiger charge is 2.12. The number of rotatable bonds is 7. The molecular formula is C13H19N3O3S. The number of aromatic nitrogens is 1. The molecule has 0 aromatic carbocycles. The fraction of sp³-hybridized carbons (Fsp3) is 0.462. The van der Waals surface area contributed by atoms with Gasteiger partial charge in [0.05, 0.1) is 11.5 Å². The number of thiocarbonyl (C=S) groups is 1. The van der Waals surface area contributed by atoms with Gasteiger partial charge in [-0.3, -0.25) is 9.59 Å². The predicted octanol–water partition coefficient (Wildman–Crippen LogP) is 0.382. The Morgan fingerprint density at radius 1 is 1.45 bits per heavy atom. The summed E-state index contributed by atoms with van der Waals surface area (Å²) in [5, 5.41) is 0. The zero-order valence-electron chi connectivity index (χ0n) is 11.7. The van der Waals surface area contributed by atoms with Gasteiger partial charge in [0.1, 0.15) is 0 Å². The number of likely N-dealkylation sites (N-methyl/N-ethyl adjacent to an activating group) is 1. The SMILES string of the molecule is CCN(CC)C(=O)COc1cccn(CC(N)=S)c1=O. The summed E-state index contributed by atoms with van der Waals surface area (Å²) in [5.41, 5.74) is 5.06. The van der Waals surface area contributed by atoms with Crippen LogP contribution in [0.1, 0.15) is 13.8 Å². The third-order valence-corrected chi connectivity index (χ3v) is 2.91. The first-order valence-electron chi connectivity index (χ1n) is 6.37. The third kappa shape index (κ3) is 4.34. The van der Waals surface area contributed by atoms with Crippen LogP contribution in [0, 0.1) is 0 Å². The number of ether oxygens (including phenoxy) is 1. The van der Waals surface area contributed by atoms with E-state index in [1.807, 2.05) is 13.8 Å². The molecule has 110 valence electrons. The van der Waals surface area contributed by atoms with E-state index >= 15 is 0 Å². The lowest BCUT2D eigenvalue weighted by Crippen LogP contribution is -2.35. The molecule has 7 heteroatoms. The number of amides is 1. The molecule has 6 nitrogen and oxygen atoms in total. The van der Waals surface area contributed by atoms with Gasteiger partial charge in [-0.2, -0.15) is 0 Å². The lowest BCUT2D eigenvalue weighted by atomic mass is 10.4. The normalized spacial score (nSPS) is 10.1. The lowest BCUT2D eigenvalue weighted by Gasteiger charge is -2.18. The smallest absolute Gasteiger partial charge is 0.293 e. The molecule has 1 heterocycles. The van der Waals surface area contributed by atoms with Gasteiger partial charge in [-0.1, -0.05) is 12.2 Å². The van der Waals surface area contributed by atoms with Crippen molar-refractivity contribution in [2.75, 3.05) is 19.7 Å². The summed E-state index contributed by atoms with van der Waals surface area (Å²) >= 11 is 4.77. The minimum Gasteiger partial charge on any atom is -0.478 e. The Bertz CT molecular complexity index is 538. The zero-order chi connectivity index (χ0) is 15.1. The molecular weight excluding hydrogens is 278 g/mol. The molecule has 0 saturated heterocycles. The molecule has 1 amide bonds. The number of nitrogens with two attached hydrogens (primary N) is 1. The van der Waals surface area contributed by atoms with E-state index in [1.54, 1.807) is 17.2 Å². The maximum atomic E-state index is 12.0. The van der Waals surface area contributed by atoms with Gasteiger partial charge in [0.25, 0.3) is 11.5 Å². The van der Waals surface area contributed by atoms with Crippen LogP contribution in [0.4, 0.5) is 0 Å². The van der Waals surface area contributed by atoms with Gasteiger partial charge < -0.3 is 19.9 Å². The quantitative estimate of drug-likeness (QED) is 0.736. The zero-order valence-corrected chi connectivity index (χ0v) is 12.5. The summed E-state index contributed by atoms with van der Waals surface area (Å²) in [6.07, 6.45) is 1.57. The van der Waals surface area contributed by atoms with Gasteiger partial charge in [0.2, 0.25) is 0 Å². The van der Waals surface area contributed by atoms with Crippen LogP contribution in [0.25, 0.3) is 0 Å². The molecule has 1 rings (SSSR count). The first-order chi connectivity index (χ1) is 9.49. The molecule has 0 aliphatic heterocycles. The predicted molar refractivity (Wildman–Crippen MR) is 80.9 cm³/mol. The Morgan fingerprint density at radius 2 is 2.10 bits per heavy atom. The van der Waals surface area contributed by atoms with Gasteiger partial charge in [-0.05, 0) is 26.0 Å². The summed E-state index contributed by atoms with van der Waals surface area (Å²) in [6.45, 7) is 4.99. The number of carbonyl (C=O) groups excluding carboxylic acids is 1. The van der Waals surface area contributed by atoms with Crippen LogP contribution in [0.3, 0.4) is 0 Å². The topological polar surface area (TPSA) is 77.6 Å². The van der Waals surface area contributed by atoms with Gasteiger partial charge >= 0.3 is 0 Å². The molecule has 0 bridgehead atoms. The number of nitrogens with zero attached hydrogens (tertiary/aromatic N) is 2. The van der Waals surface area contributed by atoms with Crippen LogP contribution in [-0.4, -0.2) is 40.1 Å². The Balaban J connectivity index is 2.76.